The van der Waals surface area contributed by atoms with Gasteiger partial charge in [-0.15, -0.1) is 0 Å². The van der Waals surface area contributed by atoms with Crippen molar-refractivity contribution in [1.82, 2.24) is 4.90 Å². The fraction of sp³-hybridized carbons (Fsp3) is 0.167. The molecule has 21 heavy (non-hydrogen) atoms. The van der Waals surface area contributed by atoms with Crippen LogP contribution in [0.15, 0.2) is 65.5 Å². The van der Waals surface area contributed by atoms with Gasteiger partial charge in [0.15, 0.2) is 0 Å². The Morgan fingerprint density at radius 2 is 2.00 bits per heavy atom. The van der Waals surface area contributed by atoms with E-state index in [0.717, 1.165) is 18.7 Å². The van der Waals surface area contributed by atoms with E-state index in [1.165, 1.54) is 27.4 Å². The summed E-state index contributed by atoms with van der Waals surface area (Å²) >= 11 is 0. The predicted molar refractivity (Wildman–Crippen MR) is 84.6 cm³/mol. The molecule has 0 amide bonds. The van der Waals surface area contributed by atoms with Gasteiger partial charge in [-0.1, -0.05) is 41.6 Å². The summed E-state index contributed by atoms with van der Waals surface area (Å²) in [5.74, 6) is 0. The van der Waals surface area contributed by atoms with E-state index in [1.807, 2.05) is 6.08 Å². The van der Waals surface area contributed by atoms with Crippen LogP contribution < -0.4 is 10.4 Å². The van der Waals surface area contributed by atoms with E-state index in [0.29, 0.717) is 0 Å². The van der Waals surface area contributed by atoms with E-state index in [-0.39, 0.29) is 0 Å². The van der Waals surface area contributed by atoms with Crippen LogP contribution >= 0.6 is 0 Å². The quantitative estimate of drug-likeness (QED) is 0.729. The minimum atomic E-state index is 0.747. The van der Waals surface area contributed by atoms with Gasteiger partial charge in [0.1, 0.15) is 7.11 Å². The Bertz CT molecular complexity index is 840. The Hall–Kier alpha value is -2.55. The third-order valence-corrected chi connectivity index (χ3v) is 4.09. The number of fused-ring (bicyclic) bond motifs is 4. The van der Waals surface area contributed by atoms with Gasteiger partial charge in [0.2, 0.25) is 0 Å². The number of hydrogen-bond acceptors (Lipinski definition) is 3. The van der Waals surface area contributed by atoms with Crippen molar-refractivity contribution in [3.63, 3.8) is 0 Å². The van der Waals surface area contributed by atoms with Crippen molar-refractivity contribution in [2.24, 2.45) is 5.16 Å². The van der Waals surface area contributed by atoms with Gasteiger partial charge in [-0.05, 0) is 35.4 Å². The molecule has 0 saturated heterocycles. The third-order valence-electron chi connectivity index (χ3n) is 4.09. The summed E-state index contributed by atoms with van der Waals surface area (Å²) in [6, 6.07) is 8.63. The third kappa shape index (κ3) is 1.85. The number of allylic oxidation sites excluding steroid dienone is 4. The first-order valence-corrected chi connectivity index (χ1v) is 7.14. The molecule has 0 aromatic heterocycles. The van der Waals surface area contributed by atoms with Gasteiger partial charge in [-0.3, -0.25) is 0 Å². The molecule has 2 heterocycles. The highest BCUT2D eigenvalue weighted by molar-refractivity contribution is 6.01. The first kappa shape index (κ1) is 12.2. The molecule has 3 heteroatoms. The molecular weight excluding hydrogens is 260 g/mol. The molecule has 1 aromatic rings. The minimum absolute atomic E-state index is 0.747. The van der Waals surface area contributed by atoms with Gasteiger partial charge >= 0.3 is 0 Å². The normalized spacial score (nSPS) is 20.9. The van der Waals surface area contributed by atoms with Crippen molar-refractivity contribution < 1.29 is 4.84 Å². The van der Waals surface area contributed by atoms with Crippen LogP contribution in [0.5, 0.6) is 0 Å². The summed E-state index contributed by atoms with van der Waals surface area (Å²) in [4.78, 5) is 7.26. The maximum atomic E-state index is 4.93. The molecule has 2 aliphatic heterocycles. The number of nitrogens with zero attached hydrogens (tertiary/aromatic N) is 2. The number of hydrogen-bond donors (Lipinski definition) is 0. The largest absolute Gasteiger partial charge is 0.399 e. The van der Waals surface area contributed by atoms with E-state index < -0.39 is 0 Å². The second-order valence-corrected chi connectivity index (χ2v) is 5.28. The van der Waals surface area contributed by atoms with Crippen LogP contribution in [0.1, 0.15) is 6.42 Å². The minimum Gasteiger partial charge on any atom is -0.399 e. The van der Waals surface area contributed by atoms with Crippen LogP contribution in [0.4, 0.5) is 0 Å². The summed E-state index contributed by atoms with van der Waals surface area (Å²) in [7, 11) is 1.59. The van der Waals surface area contributed by atoms with Crippen LogP contribution in [0.25, 0.3) is 11.3 Å². The molecule has 1 aliphatic carbocycles. The lowest BCUT2D eigenvalue weighted by atomic mass is 9.93. The smallest absolute Gasteiger partial charge is 0.106 e. The molecule has 0 radical (unpaired) electrons. The van der Waals surface area contributed by atoms with Crippen molar-refractivity contribution in [3.8, 4) is 0 Å². The molecule has 1 aromatic carbocycles. The Balaban J connectivity index is 2.03. The molecule has 3 aliphatic rings. The molecule has 104 valence electrons. The number of rotatable bonds is 1. The van der Waals surface area contributed by atoms with Crippen molar-refractivity contribution in [2.75, 3.05) is 13.7 Å². The van der Waals surface area contributed by atoms with Crippen molar-refractivity contribution in [1.29, 1.82) is 0 Å². The Morgan fingerprint density at radius 3 is 2.86 bits per heavy atom. The highest BCUT2D eigenvalue weighted by atomic mass is 16.6. The number of oxime groups is 1. The summed E-state index contributed by atoms with van der Waals surface area (Å²) in [5.41, 5.74) is 4.85. The molecule has 0 spiro atoms. The summed E-state index contributed by atoms with van der Waals surface area (Å²) in [5, 5.41) is 6.73. The zero-order valence-electron chi connectivity index (χ0n) is 11.9. The van der Waals surface area contributed by atoms with E-state index in [4.69, 9.17) is 4.84 Å². The van der Waals surface area contributed by atoms with Gasteiger partial charge < -0.3 is 9.74 Å². The van der Waals surface area contributed by atoms with Crippen LogP contribution in [0.3, 0.4) is 0 Å². The highest BCUT2D eigenvalue weighted by Gasteiger charge is 2.26. The standard InChI is InChI=1S/C18H16N2O/c1-21-19-13-10-11-18-16-7-3-2-6-14(16)15-8-4-5-9-17(15)20(18)12-13/h2-7,9-11H,8,12H2,1H3. The summed E-state index contributed by atoms with van der Waals surface area (Å²) in [6.07, 6.45) is 11.7. The lowest BCUT2D eigenvalue weighted by Crippen LogP contribution is -2.44. The average molecular weight is 276 g/mol. The zero-order chi connectivity index (χ0) is 14.2. The first-order valence-electron chi connectivity index (χ1n) is 7.14. The van der Waals surface area contributed by atoms with Gasteiger partial charge in [0.25, 0.3) is 0 Å². The average Bonchev–Trinajstić information content (AvgIpc) is 2.55. The van der Waals surface area contributed by atoms with Gasteiger partial charge in [-0.2, -0.15) is 0 Å². The SMILES string of the molecule is CON=C1C=CC2=c3ccccc3=C3CC=CC=C3N2C1. The Morgan fingerprint density at radius 1 is 1.14 bits per heavy atom. The molecule has 0 saturated carbocycles. The number of benzene rings is 1. The highest BCUT2D eigenvalue weighted by Crippen LogP contribution is 2.30. The van der Waals surface area contributed by atoms with Crippen molar-refractivity contribution >= 4 is 17.0 Å². The molecule has 0 fully saturated rings. The predicted octanol–water partition coefficient (Wildman–Crippen LogP) is 1.68. The second kappa shape index (κ2) is 4.77. The molecule has 4 rings (SSSR count). The fourth-order valence-corrected chi connectivity index (χ4v) is 3.21. The lowest BCUT2D eigenvalue weighted by Gasteiger charge is -2.35. The lowest BCUT2D eigenvalue weighted by molar-refractivity contribution is 0.212. The first-order chi connectivity index (χ1) is 10.4. The Labute approximate surface area is 123 Å². The summed E-state index contributed by atoms with van der Waals surface area (Å²) in [6.45, 7) is 0.747. The maximum Gasteiger partial charge on any atom is 0.106 e. The molecular formula is C18H16N2O. The van der Waals surface area contributed by atoms with Crippen LogP contribution in [0.2, 0.25) is 0 Å². The van der Waals surface area contributed by atoms with Gasteiger partial charge in [0, 0.05) is 16.6 Å². The topological polar surface area (TPSA) is 24.8 Å². The van der Waals surface area contributed by atoms with Gasteiger partial charge in [0.05, 0.1) is 12.3 Å². The van der Waals surface area contributed by atoms with Crippen molar-refractivity contribution in [3.05, 3.63) is 70.8 Å². The van der Waals surface area contributed by atoms with E-state index in [2.05, 4.69) is 58.6 Å². The molecule has 0 atom stereocenters. The molecule has 0 unspecified atom stereocenters. The zero-order valence-corrected chi connectivity index (χ0v) is 11.9. The molecule has 0 bridgehead atoms. The van der Waals surface area contributed by atoms with Crippen molar-refractivity contribution in [2.45, 2.75) is 6.42 Å². The second-order valence-electron chi connectivity index (χ2n) is 5.28. The van der Waals surface area contributed by atoms with Crippen LogP contribution in [-0.2, 0) is 4.84 Å². The fourth-order valence-electron chi connectivity index (χ4n) is 3.21. The Kier molecular flexibility index (Phi) is 2.78. The maximum absolute atomic E-state index is 4.93. The van der Waals surface area contributed by atoms with E-state index in [9.17, 15) is 0 Å². The van der Waals surface area contributed by atoms with Crippen LogP contribution in [-0.4, -0.2) is 24.3 Å². The van der Waals surface area contributed by atoms with Crippen LogP contribution in [0, 0.1) is 0 Å². The van der Waals surface area contributed by atoms with E-state index >= 15 is 0 Å². The van der Waals surface area contributed by atoms with Gasteiger partial charge in [-0.25, -0.2) is 0 Å². The summed E-state index contributed by atoms with van der Waals surface area (Å²) < 4.78 is 0. The molecule has 0 N–H and O–H groups in total. The monoisotopic (exact) mass is 276 g/mol. The van der Waals surface area contributed by atoms with E-state index in [1.54, 1.807) is 7.11 Å². The molecule has 3 nitrogen and oxygen atoms in total.